The third kappa shape index (κ3) is 6.27. The second kappa shape index (κ2) is 11.3. The molecule has 1 aliphatic heterocycles. The van der Waals surface area contributed by atoms with Gasteiger partial charge in [0.05, 0.1) is 6.54 Å². The van der Waals surface area contributed by atoms with Crippen LogP contribution >= 0.6 is 24.0 Å². The van der Waals surface area contributed by atoms with Gasteiger partial charge in [-0.25, -0.2) is 0 Å². The van der Waals surface area contributed by atoms with Crippen LogP contribution in [0.3, 0.4) is 0 Å². The number of nitrogens with zero attached hydrogens (tertiary/aromatic N) is 2. The topological polar surface area (TPSA) is 56.7 Å². The number of carbonyl (C=O) groups excluding carboxylic acids is 1. The predicted molar refractivity (Wildman–Crippen MR) is 118 cm³/mol. The summed E-state index contributed by atoms with van der Waals surface area (Å²) in [4.78, 5) is 19.4. The predicted octanol–water partition coefficient (Wildman–Crippen LogP) is 3.53. The van der Waals surface area contributed by atoms with Gasteiger partial charge in [-0.1, -0.05) is 32.1 Å². The molecule has 1 saturated heterocycles. The van der Waals surface area contributed by atoms with Gasteiger partial charge in [-0.05, 0) is 44.4 Å². The highest BCUT2D eigenvalue weighted by atomic mass is 127. The minimum atomic E-state index is 0. The zero-order valence-electron chi connectivity index (χ0n) is 16.3. The monoisotopic (exact) mass is 476 g/mol. The molecule has 2 unspecified atom stereocenters. The summed E-state index contributed by atoms with van der Waals surface area (Å²) >= 11 is 0. The molecule has 6 heteroatoms. The lowest BCUT2D eigenvalue weighted by Crippen LogP contribution is -2.40. The van der Waals surface area contributed by atoms with Crippen molar-refractivity contribution in [2.45, 2.75) is 77.2 Å². The molecule has 0 spiro atoms. The van der Waals surface area contributed by atoms with Crippen molar-refractivity contribution in [1.29, 1.82) is 0 Å². The number of amides is 1. The number of hydrogen-bond donors (Lipinski definition) is 2. The number of hydrogen-bond acceptors (Lipinski definition) is 2. The molecule has 0 aromatic heterocycles. The molecule has 150 valence electrons. The average molecular weight is 476 g/mol. The van der Waals surface area contributed by atoms with E-state index in [0.29, 0.717) is 19.0 Å². The normalized spacial score (nSPS) is 26.8. The molecule has 26 heavy (non-hydrogen) atoms. The van der Waals surface area contributed by atoms with Crippen LogP contribution in [0, 0.1) is 11.8 Å². The van der Waals surface area contributed by atoms with Gasteiger partial charge in [0.25, 0.3) is 0 Å². The largest absolute Gasteiger partial charge is 0.357 e. The van der Waals surface area contributed by atoms with Crippen molar-refractivity contribution in [2.75, 3.05) is 26.2 Å². The first-order chi connectivity index (χ1) is 12.3. The van der Waals surface area contributed by atoms with Crippen LogP contribution in [0.4, 0.5) is 0 Å². The Morgan fingerprint density at radius 1 is 1.00 bits per heavy atom. The molecule has 0 aromatic carbocycles. The van der Waals surface area contributed by atoms with Gasteiger partial charge < -0.3 is 15.5 Å². The minimum absolute atomic E-state index is 0. The van der Waals surface area contributed by atoms with Crippen LogP contribution < -0.4 is 10.6 Å². The summed E-state index contributed by atoms with van der Waals surface area (Å²) < 4.78 is 0. The quantitative estimate of drug-likeness (QED) is 0.363. The van der Waals surface area contributed by atoms with Crippen molar-refractivity contribution in [3.05, 3.63) is 0 Å². The standard InChI is InChI=1S/C20H36N4O.HI/c1-2-21-20(24-14-16-8-6-7-9-17(16)15-24)22-13-12-19(25)23-18-10-4-3-5-11-18;/h16-18H,2-15H2,1H3,(H,21,22)(H,23,25);1H. The Morgan fingerprint density at radius 2 is 1.62 bits per heavy atom. The Hall–Kier alpha value is -0.530. The zero-order chi connectivity index (χ0) is 17.5. The summed E-state index contributed by atoms with van der Waals surface area (Å²) in [5.74, 6) is 2.89. The molecule has 2 aliphatic carbocycles. The molecular weight excluding hydrogens is 439 g/mol. The van der Waals surface area contributed by atoms with Crippen LogP contribution in [0.5, 0.6) is 0 Å². The fraction of sp³-hybridized carbons (Fsp3) is 0.900. The first-order valence-corrected chi connectivity index (χ1v) is 10.6. The highest BCUT2D eigenvalue weighted by Crippen LogP contribution is 2.35. The summed E-state index contributed by atoms with van der Waals surface area (Å²) in [5, 5.41) is 6.63. The third-order valence-corrected chi connectivity index (χ3v) is 6.18. The van der Waals surface area contributed by atoms with Crippen LogP contribution in [0.15, 0.2) is 4.99 Å². The van der Waals surface area contributed by atoms with Crippen LogP contribution in [0.2, 0.25) is 0 Å². The molecule has 1 heterocycles. The number of halogens is 1. The van der Waals surface area contributed by atoms with E-state index in [0.717, 1.165) is 50.3 Å². The average Bonchev–Trinajstić information content (AvgIpc) is 3.06. The van der Waals surface area contributed by atoms with Crippen LogP contribution in [0.1, 0.15) is 71.1 Å². The van der Waals surface area contributed by atoms with Crippen molar-refractivity contribution in [1.82, 2.24) is 15.5 Å². The summed E-state index contributed by atoms with van der Waals surface area (Å²) in [7, 11) is 0. The highest BCUT2D eigenvalue weighted by molar-refractivity contribution is 14.0. The minimum Gasteiger partial charge on any atom is -0.357 e. The van der Waals surface area contributed by atoms with E-state index >= 15 is 0 Å². The van der Waals surface area contributed by atoms with Gasteiger partial charge in [0.1, 0.15) is 0 Å². The molecule has 0 bridgehead atoms. The van der Waals surface area contributed by atoms with Gasteiger partial charge in [-0.2, -0.15) is 0 Å². The fourth-order valence-corrected chi connectivity index (χ4v) is 4.81. The van der Waals surface area contributed by atoms with Gasteiger partial charge in [-0.3, -0.25) is 9.79 Å². The second-order valence-corrected chi connectivity index (χ2v) is 8.10. The van der Waals surface area contributed by atoms with Crippen molar-refractivity contribution in [3.63, 3.8) is 0 Å². The molecular formula is C20H37IN4O. The lowest BCUT2D eigenvalue weighted by Gasteiger charge is -2.23. The number of likely N-dealkylation sites (tertiary alicyclic amines) is 1. The summed E-state index contributed by atoms with van der Waals surface area (Å²) in [5.41, 5.74) is 0. The molecule has 2 saturated carbocycles. The Bertz CT molecular complexity index is 451. The van der Waals surface area contributed by atoms with E-state index in [2.05, 4.69) is 22.5 Å². The highest BCUT2D eigenvalue weighted by Gasteiger charge is 2.35. The number of carbonyl (C=O) groups is 1. The number of guanidine groups is 1. The maximum Gasteiger partial charge on any atom is 0.222 e. The van der Waals surface area contributed by atoms with Gasteiger partial charge in [0.2, 0.25) is 5.91 Å². The second-order valence-electron chi connectivity index (χ2n) is 8.10. The summed E-state index contributed by atoms with van der Waals surface area (Å²) in [6, 6.07) is 0.403. The Morgan fingerprint density at radius 3 is 2.23 bits per heavy atom. The Balaban J connectivity index is 0.00000243. The van der Waals surface area contributed by atoms with Crippen molar-refractivity contribution >= 4 is 35.8 Å². The lowest BCUT2D eigenvalue weighted by molar-refractivity contribution is -0.121. The summed E-state index contributed by atoms with van der Waals surface area (Å²) in [6.07, 6.45) is 12.2. The van der Waals surface area contributed by atoms with E-state index in [1.807, 2.05) is 0 Å². The first kappa shape index (κ1) is 21.8. The number of aliphatic imine (C=N–C) groups is 1. The van der Waals surface area contributed by atoms with Crippen LogP contribution in [-0.2, 0) is 4.79 Å². The first-order valence-electron chi connectivity index (χ1n) is 10.6. The molecule has 0 radical (unpaired) electrons. The van der Waals surface area contributed by atoms with Gasteiger partial charge in [0.15, 0.2) is 5.96 Å². The molecule has 3 fully saturated rings. The lowest BCUT2D eigenvalue weighted by atomic mass is 9.82. The van der Waals surface area contributed by atoms with Crippen molar-refractivity contribution < 1.29 is 4.79 Å². The third-order valence-electron chi connectivity index (χ3n) is 6.18. The maximum atomic E-state index is 12.2. The zero-order valence-corrected chi connectivity index (χ0v) is 18.7. The van der Waals surface area contributed by atoms with Gasteiger partial charge >= 0.3 is 0 Å². The van der Waals surface area contributed by atoms with E-state index in [1.165, 1.54) is 44.9 Å². The van der Waals surface area contributed by atoms with Crippen molar-refractivity contribution in [3.8, 4) is 0 Å². The van der Waals surface area contributed by atoms with Crippen LogP contribution in [0.25, 0.3) is 0 Å². The van der Waals surface area contributed by atoms with E-state index in [1.54, 1.807) is 0 Å². The van der Waals surface area contributed by atoms with Gasteiger partial charge in [-0.15, -0.1) is 24.0 Å². The van der Waals surface area contributed by atoms with Gasteiger partial charge in [0, 0.05) is 32.1 Å². The number of nitrogens with one attached hydrogen (secondary N) is 2. The van der Waals surface area contributed by atoms with E-state index in [-0.39, 0.29) is 29.9 Å². The molecule has 3 aliphatic rings. The smallest absolute Gasteiger partial charge is 0.222 e. The number of fused-ring (bicyclic) bond motifs is 1. The van der Waals surface area contributed by atoms with Crippen molar-refractivity contribution in [2.24, 2.45) is 16.8 Å². The SMILES string of the molecule is CCNC(=NCCC(=O)NC1CCCCC1)N1CC2CCCCC2C1.I. The summed E-state index contributed by atoms with van der Waals surface area (Å²) in [6.45, 7) is 5.88. The van der Waals surface area contributed by atoms with E-state index < -0.39 is 0 Å². The molecule has 3 rings (SSSR count). The Labute approximate surface area is 176 Å². The molecule has 1 amide bonds. The number of rotatable bonds is 5. The fourth-order valence-electron chi connectivity index (χ4n) is 4.81. The molecule has 0 aromatic rings. The molecule has 5 nitrogen and oxygen atoms in total. The molecule has 2 atom stereocenters. The Kier molecular flexibility index (Phi) is 9.50. The molecule has 2 N–H and O–H groups in total. The van der Waals surface area contributed by atoms with E-state index in [4.69, 9.17) is 4.99 Å². The van der Waals surface area contributed by atoms with E-state index in [9.17, 15) is 4.79 Å². The van der Waals surface area contributed by atoms with Crippen LogP contribution in [-0.4, -0.2) is 49.0 Å². The maximum absolute atomic E-state index is 12.2.